The van der Waals surface area contributed by atoms with Gasteiger partial charge in [0.15, 0.2) is 0 Å². The van der Waals surface area contributed by atoms with Gasteiger partial charge >= 0.3 is 0 Å². The highest BCUT2D eigenvalue weighted by molar-refractivity contribution is 6.15. The standard InChI is InChI=1S/C64H41NO/c1-4-17-55-48(12-1)39-61(59-21-8-6-19-57(55)59)42-26-31-52(32-27-42)65(53-33-28-43(29-34-53)62-40-49-13-2-5-18-56(49)58-20-7-9-22-60(58)62)54-35-30-46-36-45(24-25-47(46)38-54)44-15-11-16-50(37-44)64-41-51-14-3-10-23-63(51)66-64/h1-41H. The molecule has 0 unspecified atom stereocenters. The van der Waals surface area contributed by atoms with Gasteiger partial charge in [-0.15, -0.1) is 0 Å². The fraction of sp³-hybridized carbons (Fsp3) is 0. The molecule has 1 heterocycles. The quantitative estimate of drug-likeness (QED) is 0.149. The summed E-state index contributed by atoms with van der Waals surface area (Å²) in [5.74, 6) is 0.876. The minimum atomic E-state index is 0.876. The Balaban J connectivity index is 0.903. The first kappa shape index (κ1) is 37.8. The number of hydrogen-bond donors (Lipinski definition) is 0. The Hall–Kier alpha value is -8.72. The maximum Gasteiger partial charge on any atom is 0.135 e. The molecule has 13 aromatic rings. The fourth-order valence-corrected chi connectivity index (χ4v) is 10.1. The molecule has 12 aromatic carbocycles. The van der Waals surface area contributed by atoms with E-state index in [1.165, 1.54) is 81.7 Å². The Morgan fingerprint density at radius 1 is 0.242 bits per heavy atom. The molecule has 0 aliphatic rings. The molecule has 0 bridgehead atoms. The first-order valence-electron chi connectivity index (χ1n) is 22.6. The average molecular weight is 840 g/mol. The molecule has 13 rings (SSSR count). The molecule has 0 atom stereocenters. The maximum atomic E-state index is 6.24. The molecule has 0 spiro atoms. The van der Waals surface area contributed by atoms with Gasteiger partial charge in [0.25, 0.3) is 0 Å². The van der Waals surface area contributed by atoms with Gasteiger partial charge < -0.3 is 9.32 Å². The predicted molar refractivity (Wildman–Crippen MR) is 280 cm³/mol. The first-order valence-corrected chi connectivity index (χ1v) is 22.6. The molecular formula is C64H41NO. The topological polar surface area (TPSA) is 16.4 Å². The zero-order chi connectivity index (χ0) is 43.6. The van der Waals surface area contributed by atoms with E-state index in [0.717, 1.165) is 44.9 Å². The van der Waals surface area contributed by atoms with E-state index in [9.17, 15) is 0 Å². The molecule has 0 aliphatic carbocycles. The maximum absolute atomic E-state index is 6.24. The summed E-state index contributed by atoms with van der Waals surface area (Å²) in [4.78, 5) is 2.38. The summed E-state index contributed by atoms with van der Waals surface area (Å²) in [6, 6.07) is 90.4. The van der Waals surface area contributed by atoms with E-state index in [-0.39, 0.29) is 0 Å². The van der Waals surface area contributed by atoms with Crippen LogP contribution in [-0.2, 0) is 0 Å². The number of fused-ring (bicyclic) bond motifs is 8. The summed E-state index contributed by atoms with van der Waals surface area (Å²) in [5, 5.41) is 13.6. The molecule has 0 aliphatic heterocycles. The molecule has 2 nitrogen and oxygen atoms in total. The van der Waals surface area contributed by atoms with Crippen molar-refractivity contribution in [2.24, 2.45) is 0 Å². The molecule has 1 aromatic heterocycles. The van der Waals surface area contributed by atoms with Crippen molar-refractivity contribution in [2.45, 2.75) is 0 Å². The van der Waals surface area contributed by atoms with Crippen molar-refractivity contribution in [3.63, 3.8) is 0 Å². The van der Waals surface area contributed by atoms with E-state index in [2.05, 4.69) is 235 Å². The number of furan rings is 1. The van der Waals surface area contributed by atoms with Gasteiger partial charge in [-0.2, -0.15) is 0 Å². The lowest BCUT2D eigenvalue weighted by Gasteiger charge is -2.26. The molecule has 66 heavy (non-hydrogen) atoms. The number of anilines is 3. The van der Waals surface area contributed by atoms with E-state index in [1.54, 1.807) is 0 Å². The van der Waals surface area contributed by atoms with Gasteiger partial charge in [-0.25, -0.2) is 0 Å². The van der Waals surface area contributed by atoms with Crippen molar-refractivity contribution in [1.82, 2.24) is 0 Å². The van der Waals surface area contributed by atoms with Crippen molar-refractivity contribution < 1.29 is 4.42 Å². The summed E-state index contributed by atoms with van der Waals surface area (Å²) in [7, 11) is 0. The highest BCUT2D eigenvalue weighted by atomic mass is 16.3. The number of rotatable bonds is 7. The normalized spacial score (nSPS) is 11.6. The molecule has 0 amide bonds. The number of para-hydroxylation sites is 1. The van der Waals surface area contributed by atoms with Crippen LogP contribution >= 0.6 is 0 Å². The van der Waals surface area contributed by atoms with Gasteiger partial charge in [-0.1, -0.05) is 176 Å². The summed E-state index contributed by atoms with van der Waals surface area (Å²) in [6.07, 6.45) is 0. The van der Waals surface area contributed by atoms with Gasteiger partial charge in [0.05, 0.1) is 0 Å². The fourth-order valence-electron chi connectivity index (χ4n) is 10.1. The van der Waals surface area contributed by atoms with Crippen LogP contribution in [0.2, 0.25) is 0 Å². The molecule has 0 saturated carbocycles. The molecule has 308 valence electrons. The largest absolute Gasteiger partial charge is 0.456 e. The third kappa shape index (κ3) is 6.50. The van der Waals surface area contributed by atoms with E-state index in [0.29, 0.717) is 0 Å². The highest BCUT2D eigenvalue weighted by Gasteiger charge is 2.17. The van der Waals surface area contributed by atoms with E-state index < -0.39 is 0 Å². The van der Waals surface area contributed by atoms with Crippen molar-refractivity contribution >= 4 is 81.9 Å². The van der Waals surface area contributed by atoms with Gasteiger partial charge in [-0.05, 0) is 160 Å². The second-order valence-corrected chi connectivity index (χ2v) is 17.3. The van der Waals surface area contributed by atoms with Crippen LogP contribution < -0.4 is 4.90 Å². The Morgan fingerprint density at radius 3 is 1.30 bits per heavy atom. The van der Waals surface area contributed by atoms with Crippen LogP contribution in [0.5, 0.6) is 0 Å². The number of benzene rings is 12. The Labute approximate surface area is 382 Å². The van der Waals surface area contributed by atoms with Crippen LogP contribution in [0, 0.1) is 0 Å². The second kappa shape index (κ2) is 15.5. The van der Waals surface area contributed by atoms with Crippen molar-refractivity contribution in [3.05, 3.63) is 249 Å². The number of nitrogens with zero attached hydrogens (tertiary/aromatic N) is 1. The smallest absolute Gasteiger partial charge is 0.135 e. The lowest BCUT2D eigenvalue weighted by molar-refractivity contribution is 0.631. The summed E-state index contributed by atoms with van der Waals surface area (Å²) in [5.41, 5.74) is 12.4. The monoisotopic (exact) mass is 839 g/mol. The van der Waals surface area contributed by atoms with Gasteiger partial charge in [0.2, 0.25) is 0 Å². The van der Waals surface area contributed by atoms with E-state index >= 15 is 0 Å². The second-order valence-electron chi connectivity index (χ2n) is 17.3. The van der Waals surface area contributed by atoms with Gasteiger partial charge in [0, 0.05) is 28.0 Å². The lowest BCUT2D eigenvalue weighted by Crippen LogP contribution is -2.09. The van der Waals surface area contributed by atoms with Crippen LogP contribution in [0.3, 0.4) is 0 Å². The zero-order valence-corrected chi connectivity index (χ0v) is 36.0. The summed E-state index contributed by atoms with van der Waals surface area (Å²) in [6.45, 7) is 0. The number of hydrogen-bond acceptors (Lipinski definition) is 2. The molecule has 2 heteroatoms. The lowest BCUT2D eigenvalue weighted by atomic mass is 9.93. The van der Waals surface area contributed by atoms with Crippen LogP contribution in [0.1, 0.15) is 0 Å². The molecule has 0 fully saturated rings. The van der Waals surface area contributed by atoms with Gasteiger partial charge in [0.1, 0.15) is 11.3 Å². The first-order chi connectivity index (χ1) is 32.7. The van der Waals surface area contributed by atoms with Crippen molar-refractivity contribution in [2.75, 3.05) is 4.90 Å². The van der Waals surface area contributed by atoms with Crippen molar-refractivity contribution in [1.29, 1.82) is 0 Å². The predicted octanol–water partition coefficient (Wildman–Crippen LogP) is 18.3. The highest BCUT2D eigenvalue weighted by Crippen LogP contribution is 2.42. The third-order valence-electron chi connectivity index (χ3n) is 13.4. The SMILES string of the molecule is c1cc(-c2ccc3cc(N(c4ccc(-c5cc6ccccc6c6ccccc56)cc4)c4ccc(-c5cc6ccccc6c6ccccc56)cc4)ccc3c2)cc(-c2cc3ccccc3o2)c1. The molecular weight excluding hydrogens is 799 g/mol. The van der Waals surface area contributed by atoms with Crippen LogP contribution in [0.25, 0.3) is 110 Å². The van der Waals surface area contributed by atoms with E-state index in [1.807, 2.05) is 18.2 Å². The molecule has 0 radical (unpaired) electrons. The average Bonchev–Trinajstić information content (AvgIpc) is 3.84. The third-order valence-corrected chi connectivity index (χ3v) is 13.4. The molecule has 0 saturated heterocycles. The Bertz CT molecular complexity index is 3800. The summed E-state index contributed by atoms with van der Waals surface area (Å²) < 4.78 is 6.24. The van der Waals surface area contributed by atoms with E-state index in [4.69, 9.17) is 4.42 Å². The Morgan fingerprint density at radius 2 is 0.697 bits per heavy atom. The van der Waals surface area contributed by atoms with Crippen LogP contribution in [-0.4, -0.2) is 0 Å². The minimum Gasteiger partial charge on any atom is -0.456 e. The van der Waals surface area contributed by atoms with Gasteiger partial charge in [-0.3, -0.25) is 0 Å². The zero-order valence-electron chi connectivity index (χ0n) is 36.0. The summed E-state index contributed by atoms with van der Waals surface area (Å²) >= 11 is 0. The van der Waals surface area contributed by atoms with Crippen molar-refractivity contribution in [3.8, 4) is 44.7 Å². The molecule has 0 N–H and O–H groups in total. The Kier molecular flexibility index (Phi) is 8.89. The van der Waals surface area contributed by atoms with Crippen LogP contribution in [0.4, 0.5) is 17.1 Å². The van der Waals surface area contributed by atoms with Crippen LogP contribution in [0.15, 0.2) is 253 Å². The minimum absolute atomic E-state index is 0.876.